The predicted molar refractivity (Wildman–Crippen MR) is 79.6 cm³/mol. The molecule has 2 aromatic carbocycles. The fourth-order valence-corrected chi connectivity index (χ4v) is 2.67. The molecule has 1 aliphatic carbocycles. The van der Waals surface area contributed by atoms with E-state index in [2.05, 4.69) is 48.6 Å². The second-order valence-corrected chi connectivity index (χ2v) is 4.99. The summed E-state index contributed by atoms with van der Waals surface area (Å²) in [5.41, 5.74) is 5.18. The lowest BCUT2D eigenvalue weighted by Crippen LogP contribution is -1.92. The smallest absolute Gasteiger partial charge is 0.231 e. The molecule has 98 valence electrons. The first kappa shape index (κ1) is 11.4. The Bertz CT molecular complexity index is 711. The van der Waals surface area contributed by atoms with Gasteiger partial charge >= 0.3 is 0 Å². The van der Waals surface area contributed by atoms with E-state index in [1.165, 1.54) is 22.3 Å². The van der Waals surface area contributed by atoms with Gasteiger partial charge in [0.2, 0.25) is 6.79 Å². The molecule has 0 fully saturated rings. The minimum Gasteiger partial charge on any atom is -0.454 e. The first-order chi connectivity index (χ1) is 9.90. The van der Waals surface area contributed by atoms with Gasteiger partial charge in [0.15, 0.2) is 11.5 Å². The van der Waals surface area contributed by atoms with Crippen LogP contribution in [0.15, 0.2) is 60.7 Å². The van der Waals surface area contributed by atoms with Gasteiger partial charge in [-0.05, 0) is 40.8 Å². The van der Waals surface area contributed by atoms with Crippen molar-refractivity contribution in [2.24, 2.45) is 0 Å². The van der Waals surface area contributed by atoms with Crippen molar-refractivity contribution in [1.82, 2.24) is 0 Å². The number of rotatable bonds is 2. The van der Waals surface area contributed by atoms with Crippen LogP contribution in [0.3, 0.4) is 0 Å². The van der Waals surface area contributed by atoms with Gasteiger partial charge in [-0.2, -0.15) is 0 Å². The van der Waals surface area contributed by atoms with Gasteiger partial charge in [-0.15, -0.1) is 0 Å². The van der Waals surface area contributed by atoms with E-state index in [9.17, 15) is 0 Å². The number of hydrogen-bond donors (Lipinski definition) is 0. The van der Waals surface area contributed by atoms with Crippen molar-refractivity contribution in [3.8, 4) is 11.5 Å². The number of ether oxygens (including phenoxy) is 2. The van der Waals surface area contributed by atoms with Crippen LogP contribution in [0.1, 0.15) is 17.5 Å². The van der Waals surface area contributed by atoms with Gasteiger partial charge in [-0.3, -0.25) is 0 Å². The first-order valence-corrected chi connectivity index (χ1v) is 6.75. The van der Waals surface area contributed by atoms with E-state index >= 15 is 0 Å². The first-order valence-electron chi connectivity index (χ1n) is 6.75. The summed E-state index contributed by atoms with van der Waals surface area (Å²) < 4.78 is 10.8. The molecular formula is C18H14O2. The van der Waals surface area contributed by atoms with Crippen molar-refractivity contribution in [1.29, 1.82) is 0 Å². The van der Waals surface area contributed by atoms with Crippen molar-refractivity contribution in [2.75, 3.05) is 6.79 Å². The van der Waals surface area contributed by atoms with Crippen molar-refractivity contribution in [3.05, 3.63) is 71.8 Å². The molecule has 0 radical (unpaired) electrons. The zero-order valence-electron chi connectivity index (χ0n) is 11.0. The van der Waals surface area contributed by atoms with E-state index in [4.69, 9.17) is 9.47 Å². The lowest BCUT2D eigenvalue weighted by molar-refractivity contribution is 0.174. The van der Waals surface area contributed by atoms with E-state index in [1.54, 1.807) is 0 Å². The summed E-state index contributed by atoms with van der Waals surface area (Å²) in [4.78, 5) is 0. The summed E-state index contributed by atoms with van der Waals surface area (Å²) in [6.07, 6.45) is 5.36. The van der Waals surface area contributed by atoms with Crippen LogP contribution in [-0.2, 0) is 0 Å². The average Bonchev–Trinajstić information content (AvgIpc) is 3.16. The molecule has 2 nitrogen and oxygen atoms in total. The lowest BCUT2D eigenvalue weighted by atomic mass is 9.99. The Morgan fingerprint density at radius 3 is 2.30 bits per heavy atom. The van der Waals surface area contributed by atoms with Gasteiger partial charge in [-0.25, -0.2) is 0 Å². The van der Waals surface area contributed by atoms with Gasteiger partial charge in [0.05, 0.1) is 0 Å². The fraction of sp³-hybridized carbons (Fsp3) is 0.111. The largest absolute Gasteiger partial charge is 0.454 e. The van der Waals surface area contributed by atoms with Gasteiger partial charge in [0, 0.05) is 0 Å². The number of allylic oxidation sites excluding steroid dienone is 4. The minimum atomic E-state index is 0.325. The van der Waals surface area contributed by atoms with Crippen molar-refractivity contribution < 1.29 is 9.47 Å². The topological polar surface area (TPSA) is 18.5 Å². The molecule has 4 rings (SSSR count). The predicted octanol–water partition coefficient (Wildman–Crippen LogP) is 4.29. The molecule has 0 amide bonds. The second kappa shape index (κ2) is 4.57. The Labute approximate surface area is 118 Å². The third-order valence-electron chi connectivity index (χ3n) is 3.75. The molecule has 1 aliphatic heterocycles. The molecule has 20 heavy (non-hydrogen) atoms. The summed E-state index contributed by atoms with van der Waals surface area (Å²) in [6, 6.07) is 16.7. The molecule has 0 saturated heterocycles. The van der Waals surface area contributed by atoms with Crippen molar-refractivity contribution in [3.63, 3.8) is 0 Å². The van der Waals surface area contributed by atoms with Crippen LogP contribution < -0.4 is 9.47 Å². The number of benzene rings is 2. The minimum absolute atomic E-state index is 0.325. The SMILES string of the molecule is C1=C(c2ccccc2)CC(c2ccc3c(c2)OCO3)=C1. The highest BCUT2D eigenvalue weighted by Crippen LogP contribution is 2.38. The van der Waals surface area contributed by atoms with Crippen LogP contribution in [0.2, 0.25) is 0 Å². The van der Waals surface area contributed by atoms with Crippen LogP contribution in [-0.4, -0.2) is 6.79 Å². The fourth-order valence-electron chi connectivity index (χ4n) is 2.67. The molecule has 2 aromatic rings. The highest BCUT2D eigenvalue weighted by molar-refractivity contribution is 5.87. The normalized spacial score (nSPS) is 16.0. The van der Waals surface area contributed by atoms with Crippen LogP contribution in [0.4, 0.5) is 0 Å². The standard InChI is InChI=1S/C18H14O2/c1-2-4-13(5-3-1)14-6-7-15(10-14)16-8-9-17-18(11-16)20-12-19-17/h1-9,11H,10,12H2. The molecule has 0 N–H and O–H groups in total. The summed E-state index contributed by atoms with van der Waals surface area (Å²) in [7, 11) is 0. The average molecular weight is 262 g/mol. The Balaban J connectivity index is 1.58. The number of hydrogen-bond acceptors (Lipinski definition) is 2. The molecular weight excluding hydrogens is 248 g/mol. The van der Waals surface area contributed by atoms with E-state index < -0.39 is 0 Å². The molecule has 2 heteroatoms. The maximum Gasteiger partial charge on any atom is 0.231 e. The quantitative estimate of drug-likeness (QED) is 0.804. The highest BCUT2D eigenvalue weighted by Gasteiger charge is 2.17. The van der Waals surface area contributed by atoms with E-state index in [-0.39, 0.29) is 0 Å². The Morgan fingerprint density at radius 1 is 0.700 bits per heavy atom. The maximum absolute atomic E-state index is 5.44. The van der Waals surface area contributed by atoms with Gasteiger partial charge in [0.1, 0.15) is 0 Å². The third kappa shape index (κ3) is 1.90. The zero-order valence-corrected chi connectivity index (χ0v) is 11.0. The van der Waals surface area contributed by atoms with Crippen LogP contribution in [0.5, 0.6) is 11.5 Å². The van der Waals surface area contributed by atoms with Crippen LogP contribution in [0.25, 0.3) is 11.1 Å². The molecule has 0 atom stereocenters. The van der Waals surface area contributed by atoms with Crippen molar-refractivity contribution in [2.45, 2.75) is 6.42 Å². The third-order valence-corrected chi connectivity index (χ3v) is 3.75. The molecule has 0 unspecified atom stereocenters. The van der Waals surface area contributed by atoms with Gasteiger partial charge in [-0.1, -0.05) is 48.6 Å². The second-order valence-electron chi connectivity index (χ2n) is 4.99. The highest BCUT2D eigenvalue weighted by atomic mass is 16.7. The Morgan fingerprint density at radius 2 is 1.45 bits per heavy atom. The zero-order chi connectivity index (χ0) is 13.4. The van der Waals surface area contributed by atoms with Gasteiger partial charge < -0.3 is 9.47 Å². The maximum atomic E-state index is 5.44. The summed E-state index contributed by atoms with van der Waals surface area (Å²) >= 11 is 0. The lowest BCUT2D eigenvalue weighted by Gasteiger charge is -2.07. The summed E-state index contributed by atoms with van der Waals surface area (Å²) in [5.74, 6) is 1.68. The molecule has 0 bridgehead atoms. The number of fused-ring (bicyclic) bond motifs is 1. The molecule has 0 saturated carbocycles. The van der Waals surface area contributed by atoms with E-state index in [0.29, 0.717) is 6.79 Å². The van der Waals surface area contributed by atoms with E-state index in [1.807, 2.05) is 12.1 Å². The van der Waals surface area contributed by atoms with Gasteiger partial charge in [0.25, 0.3) is 0 Å². The molecule has 0 spiro atoms. The summed E-state index contributed by atoms with van der Waals surface area (Å²) in [5, 5.41) is 0. The summed E-state index contributed by atoms with van der Waals surface area (Å²) in [6.45, 7) is 0.325. The van der Waals surface area contributed by atoms with Crippen LogP contribution >= 0.6 is 0 Å². The Kier molecular flexibility index (Phi) is 2.59. The van der Waals surface area contributed by atoms with Crippen LogP contribution in [0, 0.1) is 0 Å². The molecule has 1 heterocycles. The van der Waals surface area contributed by atoms with Crippen molar-refractivity contribution >= 4 is 11.1 Å². The van der Waals surface area contributed by atoms with E-state index in [0.717, 1.165) is 17.9 Å². The molecule has 2 aliphatic rings. The Hall–Kier alpha value is -2.48. The monoisotopic (exact) mass is 262 g/mol. The molecule has 0 aromatic heterocycles.